The molecule has 612 valence electrons. The van der Waals surface area contributed by atoms with Crippen molar-refractivity contribution in [3.05, 3.63) is 0 Å². The summed E-state index contributed by atoms with van der Waals surface area (Å²) in [7, 11) is 0. The third-order valence-electron chi connectivity index (χ3n) is 32.0. The summed E-state index contributed by atoms with van der Waals surface area (Å²) in [5, 5.41) is 0. The molecule has 0 spiro atoms. The summed E-state index contributed by atoms with van der Waals surface area (Å²) in [6.45, 7) is 41.8. The Morgan fingerprint density at radius 2 is 0.740 bits per heavy atom. The third kappa shape index (κ3) is 18.4. The molecule has 12 unspecified atom stereocenters. The molecule has 17 aliphatic rings. The molecule has 0 radical (unpaired) electrons. The van der Waals surface area contributed by atoms with Crippen LogP contribution in [0.2, 0.25) is 0 Å². The fraction of sp³-hybridized carbons (Fsp3) is 0.947. The molecule has 104 heavy (non-hydrogen) atoms. The van der Waals surface area contributed by atoms with Crippen LogP contribution in [0.1, 0.15) is 403 Å². The number of rotatable bonds is 19. The van der Waals surface area contributed by atoms with Crippen molar-refractivity contribution in [2.24, 2.45) is 140 Å². The van der Waals surface area contributed by atoms with E-state index in [1.807, 2.05) is 62.3 Å². The van der Waals surface area contributed by atoms with E-state index in [0.717, 1.165) is 136 Å². The molecule has 0 amide bonds. The van der Waals surface area contributed by atoms with Gasteiger partial charge in [-0.15, -0.1) is 0 Å². The minimum absolute atomic E-state index is 0. The highest BCUT2D eigenvalue weighted by Gasteiger charge is 2.69. The first-order chi connectivity index (χ1) is 45.1. The fourth-order valence-electron chi connectivity index (χ4n) is 24.4. The van der Waals surface area contributed by atoms with E-state index in [9.17, 15) is 24.0 Å². The molecule has 0 aromatic carbocycles. The van der Waals surface area contributed by atoms with Gasteiger partial charge < -0.3 is 23.7 Å². The van der Waals surface area contributed by atoms with Crippen molar-refractivity contribution in [3.8, 4) is 0 Å². The molecule has 0 saturated heterocycles. The normalized spacial score (nSPS) is 38.9. The SMILES string of the molecule is C.C.C.C.C.C.C.C.CCC(C)(C)C(=O)OC1(C(C)C)C2CC3CC(C2)CC1C3.CCC(C)(C)C(=O)OC1(C)CC2CCC1CC2.CCC(C)(C)C(=O)OC1(CC)CC2CC1C1C3CCC(C3)C21.CCC(C)(C)C(=O)OC1(CC)CC2CCC1C2.CCC(C)C(=O)OC1(CC)C2CC3CC(C2)CC1C3. The number of carbonyl (C=O) groups is 5. The quantitative estimate of drug-likeness (QED) is 0.0700. The lowest BCUT2D eigenvalue weighted by atomic mass is 9.47. The highest BCUT2D eigenvalue weighted by Crippen LogP contribution is 2.71. The number of carbonyl (C=O) groups excluding carboxylic acids is 5. The largest absolute Gasteiger partial charge is 0.459 e. The Kier molecular flexibility index (Phi) is 34.8. The van der Waals surface area contributed by atoms with Gasteiger partial charge in [-0.1, -0.05) is 136 Å². The standard InChI is InChI=1S/C20H32O2.C19H32O2.C17H28O2.2C15H26O2.8CH4/c1-5-19(3,4)18(21)22-20(6-2)11-14-10-15(20)17-13-8-7-12(9-13)16(14)17;1-6-18(4,5)17(20)21-19(12(2)3)15-8-13-7-14(10-15)11-16(19)9-13;1-4-11(3)16(18)19-17(5-2)14-7-12-6-13(9-14)10-15(17)8-12;1-5-14(2,3)13(16)17-15(4)10-11-6-8-12(15)9-7-11;1-5-14(3,4)13(16)17-15(6-2)10-11-7-8-12(15)9-11;;;;;;;;/h12-17H,5-11H2,1-4H3;12-16H,6-11H2,1-5H3;11-15H,4-10H2,1-3H3;2*11-12H,5-10H2,1-4H3;8*1H4. The van der Waals surface area contributed by atoms with Gasteiger partial charge in [0.05, 0.1) is 27.6 Å². The lowest BCUT2D eigenvalue weighted by molar-refractivity contribution is -0.231. The predicted molar refractivity (Wildman–Crippen MR) is 439 cm³/mol. The first-order valence-corrected chi connectivity index (χ1v) is 41.3. The molecular weight excluding hydrogens is 1290 g/mol. The van der Waals surface area contributed by atoms with Gasteiger partial charge in [-0.2, -0.15) is 0 Å². The molecule has 10 heteroatoms. The van der Waals surface area contributed by atoms with Crippen molar-refractivity contribution in [2.45, 2.75) is 431 Å². The monoisotopic (exact) mass is 1470 g/mol. The van der Waals surface area contributed by atoms with Gasteiger partial charge in [0, 0.05) is 5.92 Å². The molecule has 17 fully saturated rings. The molecule has 0 aromatic rings. The molecular formula is C94H176O10. The summed E-state index contributed by atoms with van der Waals surface area (Å²) in [4.78, 5) is 62.3. The van der Waals surface area contributed by atoms with Gasteiger partial charge in [-0.05, 0) is 374 Å². The smallest absolute Gasteiger partial charge is 0.312 e. The van der Waals surface area contributed by atoms with Gasteiger partial charge in [0.2, 0.25) is 0 Å². The Bertz CT molecular complexity index is 2650. The van der Waals surface area contributed by atoms with Gasteiger partial charge in [0.15, 0.2) is 0 Å². The Morgan fingerprint density at radius 3 is 1.11 bits per heavy atom. The van der Waals surface area contributed by atoms with Crippen LogP contribution in [0.15, 0.2) is 0 Å². The first-order valence-electron chi connectivity index (χ1n) is 41.3. The van der Waals surface area contributed by atoms with Gasteiger partial charge >= 0.3 is 29.8 Å². The molecule has 16 bridgehead atoms. The predicted octanol–water partition coefficient (Wildman–Crippen LogP) is 26.8. The minimum Gasteiger partial charge on any atom is -0.459 e. The molecule has 10 nitrogen and oxygen atoms in total. The van der Waals surface area contributed by atoms with E-state index < -0.39 is 0 Å². The zero-order valence-electron chi connectivity index (χ0n) is 65.3. The Balaban J connectivity index is 0.000000435. The molecule has 0 aliphatic heterocycles. The zero-order valence-corrected chi connectivity index (χ0v) is 65.3. The number of esters is 5. The topological polar surface area (TPSA) is 132 Å². The van der Waals surface area contributed by atoms with Crippen LogP contribution < -0.4 is 0 Å². The second-order valence-corrected chi connectivity index (χ2v) is 39.1. The average Bonchev–Trinajstić information content (AvgIpc) is 1.48. The van der Waals surface area contributed by atoms with Crippen LogP contribution in [0.25, 0.3) is 0 Å². The van der Waals surface area contributed by atoms with E-state index in [0.29, 0.717) is 47.3 Å². The highest BCUT2D eigenvalue weighted by atomic mass is 16.6. The van der Waals surface area contributed by atoms with E-state index >= 15 is 0 Å². The van der Waals surface area contributed by atoms with E-state index in [1.54, 1.807) is 0 Å². The number of hydrogen-bond acceptors (Lipinski definition) is 10. The molecule has 17 aliphatic carbocycles. The Hall–Kier alpha value is -2.65. The van der Waals surface area contributed by atoms with Crippen molar-refractivity contribution in [3.63, 3.8) is 0 Å². The first kappa shape index (κ1) is 97.4. The molecule has 0 aromatic heterocycles. The van der Waals surface area contributed by atoms with Crippen LogP contribution in [0, 0.1) is 140 Å². The Morgan fingerprint density at radius 1 is 0.356 bits per heavy atom. The molecule has 17 rings (SSSR count). The number of fused-ring (bicyclic) bond motifs is 14. The van der Waals surface area contributed by atoms with E-state index in [2.05, 4.69) is 76.2 Å². The third-order valence-corrected chi connectivity index (χ3v) is 32.0. The van der Waals surface area contributed by atoms with Gasteiger partial charge in [0.1, 0.15) is 28.0 Å². The number of ether oxygens (including phenoxy) is 5. The van der Waals surface area contributed by atoms with Crippen molar-refractivity contribution in [1.82, 2.24) is 0 Å². The van der Waals surface area contributed by atoms with Gasteiger partial charge in [-0.3, -0.25) is 24.0 Å². The molecule has 12 atom stereocenters. The van der Waals surface area contributed by atoms with Crippen LogP contribution in [0.3, 0.4) is 0 Å². The van der Waals surface area contributed by atoms with Crippen LogP contribution >= 0.6 is 0 Å². The number of hydrogen-bond donors (Lipinski definition) is 0. The van der Waals surface area contributed by atoms with Crippen molar-refractivity contribution in [2.75, 3.05) is 0 Å². The summed E-state index contributed by atoms with van der Waals surface area (Å²) in [6, 6.07) is 0. The highest BCUT2D eigenvalue weighted by molar-refractivity contribution is 5.78. The van der Waals surface area contributed by atoms with E-state index in [-0.39, 0.29) is 145 Å². The van der Waals surface area contributed by atoms with E-state index in [4.69, 9.17) is 23.7 Å². The maximum Gasteiger partial charge on any atom is 0.312 e. The second-order valence-electron chi connectivity index (χ2n) is 39.1. The van der Waals surface area contributed by atoms with Crippen LogP contribution in [0.5, 0.6) is 0 Å². The van der Waals surface area contributed by atoms with Crippen molar-refractivity contribution in [1.29, 1.82) is 0 Å². The van der Waals surface area contributed by atoms with Crippen LogP contribution in [-0.2, 0) is 47.7 Å². The summed E-state index contributed by atoms with van der Waals surface area (Å²) in [6.07, 6.45) is 38.8. The molecule has 0 N–H and O–H groups in total. The maximum absolute atomic E-state index is 12.8. The van der Waals surface area contributed by atoms with Crippen LogP contribution in [0.4, 0.5) is 0 Å². The summed E-state index contributed by atoms with van der Waals surface area (Å²) in [5.74, 6) is 15.1. The summed E-state index contributed by atoms with van der Waals surface area (Å²) < 4.78 is 30.8. The van der Waals surface area contributed by atoms with E-state index in [1.165, 1.54) is 135 Å². The average molecular weight is 1470 g/mol. The van der Waals surface area contributed by atoms with Crippen LogP contribution in [-0.4, -0.2) is 57.9 Å². The van der Waals surface area contributed by atoms with Gasteiger partial charge in [0.25, 0.3) is 0 Å². The van der Waals surface area contributed by atoms with Crippen molar-refractivity contribution < 1.29 is 47.7 Å². The Labute approximate surface area is 645 Å². The van der Waals surface area contributed by atoms with Gasteiger partial charge in [-0.25, -0.2) is 0 Å². The zero-order chi connectivity index (χ0) is 70.1. The fourth-order valence-corrected chi connectivity index (χ4v) is 24.4. The minimum atomic E-state index is -0.351. The molecule has 0 heterocycles. The maximum atomic E-state index is 12.8. The van der Waals surface area contributed by atoms with Crippen molar-refractivity contribution >= 4 is 29.8 Å². The summed E-state index contributed by atoms with van der Waals surface area (Å²) in [5.41, 5.74) is -2.04. The lowest BCUT2D eigenvalue weighted by Gasteiger charge is -2.62. The second kappa shape index (κ2) is 37.1. The summed E-state index contributed by atoms with van der Waals surface area (Å²) >= 11 is 0. The molecule has 17 saturated carbocycles. The lowest BCUT2D eigenvalue weighted by Crippen LogP contribution is -2.63.